The summed E-state index contributed by atoms with van der Waals surface area (Å²) in [6.07, 6.45) is 9.06. The minimum absolute atomic E-state index is 0.667. The molecule has 0 atom stereocenters. The van der Waals surface area contributed by atoms with Crippen LogP contribution in [0.4, 0.5) is 0 Å². The van der Waals surface area contributed by atoms with Gasteiger partial charge in [-0.3, -0.25) is 4.79 Å². The van der Waals surface area contributed by atoms with Gasteiger partial charge in [-0.2, -0.15) is 0 Å². The first-order chi connectivity index (χ1) is 6.88. The Kier molecular flexibility index (Phi) is 1.48. The van der Waals surface area contributed by atoms with Crippen molar-refractivity contribution in [2.45, 2.75) is 18.8 Å². The SMILES string of the molecule is O=Cc1cc(C2CC2)cn2ccnc12. The number of aromatic nitrogens is 2. The van der Waals surface area contributed by atoms with Crippen LogP contribution in [0.1, 0.15) is 34.7 Å². The zero-order chi connectivity index (χ0) is 9.54. The molecule has 0 bridgehead atoms. The van der Waals surface area contributed by atoms with Crippen LogP contribution in [0.3, 0.4) is 0 Å². The fraction of sp³-hybridized carbons (Fsp3) is 0.273. The van der Waals surface area contributed by atoms with E-state index < -0.39 is 0 Å². The Morgan fingerprint density at radius 1 is 1.50 bits per heavy atom. The van der Waals surface area contributed by atoms with Crippen molar-refractivity contribution in [3.8, 4) is 0 Å². The largest absolute Gasteiger partial charge is 0.306 e. The standard InChI is InChI=1S/C11H10N2O/c14-7-10-5-9(8-1-2-8)6-13-4-3-12-11(10)13/h3-8H,1-2H2. The van der Waals surface area contributed by atoms with Crippen LogP contribution < -0.4 is 0 Å². The number of hydrogen-bond acceptors (Lipinski definition) is 2. The minimum Gasteiger partial charge on any atom is -0.306 e. The maximum atomic E-state index is 10.9. The third-order valence-electron chi connectivity index (χ3n) is 2.71. The van der Waals surface area contributed by atoms with Gasteiger partial charge in [0, 0.05) is 18.6 Å². The second-order valence-electron chi connectivity index (χ2n) is 3.78. The molecule has 1 aliphatic carbocycles. The molecule has 0 aromatic carbocycles. The number of pyridine rings is 1. The number of imidazole rings is 1. The molecule has 2 aromatic heterocycles. The number of fused-ring (bicyclic) bond motifs is 1. The molecule has 1 saturated carbocycles. The molecular formula is C11H10N2O. The average Bonchev–Trinajstić information content (AvgIpc) is 2.95. The summed E-state index contributed by atoms with van der Waals surface area (Å²) in [5.41, 5.74) is 2.71. The third-order valence-corrected chi connectivity index (χ3v) is 2.71. The molecule has 1 fully saturated rings. The molecule has 0 spiro atoms. The van der Waals surface area contributed by atoms with E-state index in [2.05, 4.69) is 11.2 Å². The molecule has 14 heavy (non-hydrogen) atoms. The van der Waals surface area contributed by atoms with E-state index in [0.29, 0.717) is 11.5 Å². The molecule has 1 aliphatic rings. The summed E-state index contributed by atoms with van der Waals surface area (Å²) in [5, 5.41) is 0. The first-order valence-electron chi connectivity index (χ1n) is 4.80. The van der Waals surface area contributed by atoms with Crippen molar-refractivity contribution >= 4 is 11.9 Å². The van der Waals surface area contributed by atoms with Gasteiger partial charge in [0.05, 0.1) is 5.56 Å². The Morgan fingerprint density at radius 3 is 3.07 bits per heavy atom. The van der Waals surface area contributed by atoms with Crippen molar-refractivity contribution in [2.75, 3.05) is 0 Å². The van der Waals surface area contributed by atoms with Gasteiger partial charge in [0.2, 0.25) is 0 Å². The monoisotopic (exact) mass is 186 g/mol. The van der Waals surface area contributed by atoms with Crippen LogP contribution in [0.5, 0.6) is 0 Å². The minimum atomic E-state index is 0.667. The fourth-order valence-electron chi connectivity index (χ4n) is 1.81. The van der Waals surface area contributed by atoms with Crippen LogP contribution in [0, 0.1) is 0 Å². The summed E-state index contributed by atoms with van der Waals surface area (Å²) in [5.74, 6) is 0.667. The molecule has 0 saturated heterocycles. The van der Waals surface area contributed by atoms with Crippen molar-refractivity contribution in [1.29, 1.82) is 0 Å². The highest BCUT2D eigenvalue weighted by atomic mass is 16.1. The molecule has 0 aliphatic heterocycles. The quantitative estimate of drug-likeness (QED) is 0.672. The lowest BCUT2D eigenvalue weighted by molar-refractivity contribution is 0.112. The van der Waals surface area contributed by atoms with Crippen molar-refractivity contribution < 1.29 is 4.79 Å². The van der Waals surface area contributed by atoms with Crippen LogP contribution in [-0.4, -0.2) is 15.7 Å². The van der Waals surface area contributed by atoms with Gasteiger partial charge in [-0.1, -0.05) is 0 Å². The first-order valence-corrected chi connectivity index (χ1v) is 4.80. The highest BCUT2D eigenvalue weighted by Crippen LogP contribution is 2.40. The summed E-state index contributed by atoms with van der Waals surface area (Å²) in [6, 6.07) is 1.97. The van der Waals surface area contributed by atoms with E-state index in [1.54, 1.807) is 6.20 Å². The summed E-state index contributed by atoms with van der Waals surface area (Å²) in [7, 11) is 0. The van der Waals surface area contributed by atoms with Crippen molar-refractivity contribution in [2.24, 2.45) is 0 Å². The van der Waals surface area contributed by atoms with Crippen LogP contribution in [0.25, 0.3) is 5.65 Å². The van der Waals surface area contributed by atoms with E-state index in [9.17, 15) is 4.79 Å². The number of nitrogens with zero attached hydrogens (tertiary/aromatic N) is 2. The van der Waals surface area contributed by atoms with Gasteiger partial charge in [0.15, 0.2) is 6.29 Å². The first kappa shape index (κ1) is 7.74. The van der Waals surface area contributed by atoms with E-state index in [4.69, 9.17) is 0 Å². The summed E-state index contributed by atoms with van der Waals surface area (Å²) < 4.78 is 1.93. The lowest BCUT2D eigenvalue weighted by atomic mass is 10.1. The molecular weight excluding hydrogens is 176 g/mol. The number of carbonyl (C=O) groups is 1. The molecule has 2 aromatic rings. The van der Waals surface area contributed by atoms with E-state index in [0.717, 1.165) is 11.9 Å². The predicted octanol–water partition coefficient (Wildman–Crippen LogP) is 2.02. The number of rotatable bonds is 2. The number of hydrogen-bond donors (Lipinski definition) is 0. The van der Waals surface area contributed by atoms with Gasteiger partial charge in [0.25, 0.3) is 0 Å². The maximum Gasteiger partial charge on any atom is 0.153 e. The molecule has 3 heteroatoms. The lowest BCUT2D eigenvalue weighted by Gasteiger charge is -2.02. The highest BCUT2D eigenvalue weighted by molar-refractivity contribution is 5.84. The normalized spacial score (nSPS) is 16.0. The Bertz CT molecular complexity index is 497. The van der Waals surface area contributed by atoms with E-state index >= 15 is 0 Å². The second-order valence-corrected chi connectivity index (χ2v) is 3.78. The fourth-order valence-corrected chi connectivity index (χ4v) is 1.81. The van der Waals surface area contributed by atoms with Gasteiger partial charge in [0.1, 0.15) is 5.65 Å². The zero-order valence-electron chi connectivity index (χ0n) is 7.68. The van der Waals surface area contributed by atoms with E-state index in [-0.39, 0.29) is 0 Å². The summed E-state index contributed by atoms with van der Waals surface area (Å²) in [4.78, 5) is 15.0. The van der Waals surface area contributed by atoms with Gasteiger partial charge < -0.3 is 4.40 Å². The molecule has 0 unspecified atom stereocenters. The number of aldehydes is 1. The molecule has 0 radical (unpaired) electrons. The summed E-state index contributed by atoms with van der Waals surface area (Å²) >= 11 is 0. The van der Waals surface area contributed by atoms with Gasteiger partial charge >= 0.3 is 0 Å². The smallest absolute Gasteiger partial charge is 0.153 e. The van der Waals surface area contributed by atoms with Crippen LogP contribution in [0.15, 0.2) is 24.7 Å². The van der Waals surface area contributed by atoms with Crippen LogP contribution in [0.2, 0.25) is 0 Å². The Labute approximate surface area is 81.4 Å². The maximum absolute atomic E-state index is 10.9. The molecule has 2 heterocycles. The molecule has 70 valence electrons. The lowest BCUT2D eigenvalue weighted by Crippen LogP contribution is -1.94. The van der Waals surface area contributed by atoms with Crippen LogP contribution >= 0.6 is 0 Å². The predicted molar refractivity (Wildman–Crippen MR) is 52.6 cm³/mol. The Balaban J connectivity index is 2.28. The topological polar surface area (TPSA) is 34.4 Å². The third kappa shape index (κ3) is 1.05. The van der Waals surface area contributed by atoms with Gasteiger partial charge in [-0.15, -0.1) is 0 Å². The van der Waals surface area contributed by atoms with E-state index in [1.165, 1.54) is 18.4 Å². The van der Waals surface area contributed by atoms with Gasteiger partial charge in [-0.05, 0) is 30.4 Å². The molecule has 3 rings (SSSR count). The summed E-state index contributed by atoms with van der Waals surface area (Å²) in [6.45, 7) is 0. The van der Waals surface area contributed by atoms with Crippen molar-refractivity contribution in [3.63, 3.8) is 0 Å². The second kappa shape index (κ2) is 2.67. The highest BCUT2D eigenvalue weighted by Gasteiger charge is 2.24. The zero-order valence-corrected chi connectivity index (χ0v) is 7.68. The molecule has 0 N–H and O–H groups in total. The molecule has 3 nitrogen and oxygen atoms in total. The van der Waals surface area contributed by atoms with Crippen molar-refractivity contribution in [3.05, 3.63) is 35.8 Å². The Hall–Kier alpha value is -1.64. The Morgan fingerprint density at radius 2 is 2.36 bits per heavy atom. The average molecular weight is 186 g/mol. The van der Waals surface area contributed by atoms with E-state index in [1.807, 2.05) is 16.7 Å². The van der Waals surface area contributed by atoms with Crippen molar-refractivity contribution in [1.82, 2.24) is 9.38 Å². The number of carbonyl (C=O) groups excluding carboxylic acids is 1. The van der Waals surface area contributed by atoms with Crippen LogP contribution in [-0.2, 0) is 0 Å². The van der Waals surface area contributed by atoms with Gasteiger partial charge in [-0.25, -0.2) is 4.98 Å². The molecule has 0 amide bonds.